The lowest BCUT2D eigenvalue weighted by atomic mass is 9.92. The zero-order valence-corrected chi connectivity index (χ0v) is 19.7. The molecule has 1 rings (SSSR count). The molecule has 0 fully saturated rings. The van der Waals surface area contributed by atoms with Crippen LogP contribution in [0.2, 0.25) is 0 Å². The molecule has 0 amide bonds. The minimum atomic E-state index is -0.482. The van der Waals surface area contributed by atoms with Crippen LogP contribution in [-0.2, 0) is 4.74 Å². The summed E-state index contributed by atoms with van der Waals surface area (Å²) in [7, 11) is 0. The number of esters is 1. The Hall–Kier alpha value is -1.95. The van der Waals surface area contributed by atoms with Gasteiger partial charge in [0.05, 0.1) is 10.5 Å². The topological polar surface area (TPSA) is 81.5 Å². The number of rotatable bonds is 18. The summed E-state index contributed by atoms with van der Waals surface area (Å²) in [6.07, 6.45) is 13.9. The van der Waals surface area contributed by atoms with E-state index in [1.54, 1.807) is 0 Å². The molecule has 2 atom stereocenters. The number of nitro groups is 1. The highest BCUT2D eigenvalue weighted by atomic mass is 16.6. The van der Waals surface area contributed by atoms with Gasteiger partial charge >= 0.3 is 5.97 Å². The predicted molar refractivity (Wildman–Crippen MR) is 126 cm³/mol. The fourth-order valence-electron chi connectivity index (χ4n) is 3.85. The third-order valence-electron chi connectivity index (χ3n) is 5.73. The monoisotopic (exact) mass is 434 g/mol. The molecule has 176 valence electrons. The van der Waals surface area contributed by atoms with E-state index in [2.05, 4.69) is 26.1 Å². The van der Waals surface area contributed by atoms with Crippen molar-refractivity contribution in [1.29, 1.82) is 0 Å². The Labute approximate surface area is 188 Å². The molecule has 0 radical (unpaired) electrons. The van der Waals surface area contributed by atoms with Crippen LogP contribution >= 0.6 is 0 Å². The molecule has 0 aliphatic rings. The van der Waals surface area contributed by atoms with E-state index in [-0.39, 0.29) is 5.69 Å². The highest BCUT2D eigenvalue weighted by Crippen LogP contribution is 2.19. The average molecular weight is 435 g/mol. The fourth-order valence-corrected chi connectivity index (χ4v) is 3.85. The van der Waals surface area contributed by atoms with E-state index in [1.807, 2.05) is 0 Å². The number of carbonyl (C=O) groups excluding carboxylic acids is 1. The first-order valence-electron chi connectivity index (χ1n) is 12.1. The number of hydrogen-bond acceptors (Lipinski definition) is 5. The van der Waals surface area contributed by atoms with E-state index < -0.39 is 10.9 Å². The van der Waals surface area contributed by atoms with Gasteiger partial charge in [0.25, 0.3) is 5.69 Å². The summed E-state index contributed by atoms with van der Waals surface area (Å²) in [6.45, 7) is 7.74. The number of benzene rings is 1. The first-order valence-corrected chi connectivity index (χ1v) is 12.1. The number of hydrogen-bond donors (Lipinski definition) is 1. The maximum Gasteiger partial charge on any atom is 0.338 e. The van der Waals surface area contributed by atoms with Gasteiger partial charge in [0.1, 0.15) is 6.61 Å². The van der Waals surface area contributed by atoms with Crippen molar-refractivity contribution in [1.82, 2.24) is 5.32 Å². The Kier molecular flexibility index (Phi) is 14.6. The fraction of sp³-hybridized carbons (Fsp3) is 0.720. The van der Waals surface area contributed by atoms with Gasteiger partial charge < -0.3 is 10.1 Å². The number of ether oxygens (including phenoxy) is 1. The van der Waals surface area contributed by atoms with Gasteiger partial charge in [-0.3, -0.25) is 10.1 Å². The lowest BCUT2D eigenvalue weighted by molar-refractivity contribution is -0.384. The van der Waals surface area contributed by atoms with Gasteiger partial charge in [0.2, 0.25) is 0 Å². The quantitative estimate of drug-likeness (QED) is 0.121. The molecule has 0 saturated carbocycles. The highest BCUT2D eigenvalue weighted by molar-refractivity contribution is 5.89. The van der Waals surface area contributed by atoms with Crippen molar-refractivity contribution in [3.63, 3.8) is 0 Å². The number of carbonyl (C=O) groups is 1. The Morgan fingerprint density at radius 3 is 2.19 bits per heavy atom. The summed E-state index contributed by atoms with van der Waals surface area (Å²) in [5, 5.41) is 14.3. The molecule has 0 saturated heterocycles. The Balaban J connectivity index is 2.39. The molecule has 0 bridgehead atoms. The van der Waals surface area contributed by atoms with Crippen molar-refractivity contribution in [3.8, 4) is 0 Å². The van der Waals surface area contributed by atoms with Crippen LogP contribution in [-0.4, -0.2) is 30.1 Å². The first kappa shape index (κ1) is 27.1. The molecule has 0 aliphatic heterocycles. The minimum Gasteiger partial charge on any atom is -0.461 e. The van der Waals surface area contributed by atoms with E-state index in [1.165, 1.54) is 82.1 Å². The van der Waals surface area contributed by atoms with Gasteiger partial charge in [-0.15, -0.1) is 0 Å². The maximum atomic E-state index is 12.1. The second-order valence-corrected chi connectivity index (χ2v) is 8.63. The molecular formula is C25H42N2O4. The molecular weight excluding hydrogens is 392 g/mol. The molecule has 1 N–H and O–H groups in total. The van der Waals surface area contributed by atoms with Gasteiger partial charge in [-0.1, -0.05) is 78.6 Å². The van der Waals surface area contributed by atoms with Crippen molar-refractivity contribution in [2.45, 2.75) is 97.4 Å². The van der Waals surface area contributed by atoms with Crippen molar-refractivity contribution in [2.75, 3.05) is 13.2 Å². The zero-order valence-electron chi connectivity index (χ0n) is 19.7. The van der Waals surface area contributed by atoms with Crippen molar-refractivity contribution in [2.24, 2.45) is 5.92 Å². The van der Waals surface area contributed by atoms with Crippen molar-refractivity contribution >= 4 is 11.7 Å². The highest BCUT2D eigenvalue weighted by Gasteiger charge is 2.14. The summed E-state index contributed by atoms with van der Waals surface area (Å²) in [5.41, 5.74) is 0.301. The minimum absolute atomic E-state index is 0.0343. The van der Waals surface area contributed by atoms with E-state index >= 15 is 0 Å². The third kappa shape index (κ3) is 12.5. The summed E-state index contributed by atoms with van der Waals surface area (Å²) in [5.74, 6) is 0.253. The van der Waals surface area contributed by atoms with Crippen LogP contribution < -0.4 is 5.32 Å². The Morgan fingerprint density at radius 2 is 1.61 bits per heavy atom. The van der Waals surface area contributed by atoms with Crippen LogP contribution in [0.3, 0.4) is 0 Å². The summed E-state index contributed by atoms with van der Waals surface area (Å²) in [4.78, 5) is 22.4. The second kappa shape index (κ2) is 16.7. The second-order valence-electron chi connectivity index (χ2n) is 8.63. The van der Waals surface area contributed by atoms with Crippen LogP contribution in [0.4, 0.5) is 5.69 Å². The Morgan fingerprint density at radius 1 is 1.00 bits per heavy atom. The third-order valence-corrected chi connectivity index (χ3v) is 5.73. The molecule has 6 nitrogen and oxygen atoms in total. The molecule has 0 spiro atoms. The molecule has 1 aromatic carbocycles. The van der Waals surface area contributed by atoms with Crippen LogP contribution in [0.15, 0.2) is 24.3 Å². The molecule has 0 unspecified atom stereocenters. The lowest BCUT2D eigenvalue weighted by Gasteiger charge is -2.22. The summed E-state index contributed by atoms with van der Waals surface area (Å²) >= 11 is 0. The largest absolute Gasteiger partial charge is 0.461 e. The predicted octanol–water partition coefficient (Wildman–Crippen LogP) is 6.68. The number of nitro benzene ring substituents is 1. The lowest BCUT2D eigenvalue weighted by Crippen LogP contribution is -2.34. The molecule has 0 aromatic heterocycles. The van der Waals surface area contributed by atoms with Gasteiger partial charge in [-0.2, -0.15) is 0 Å². The SMILES string of the molecule is CCCCCC[C@@H](C)C[C@@H](CCCCCC)NCCOC(=O)c1ccc([N+](=O)[O-])cc1. The van der Waals surface area contributed by atoms with Gasteiger partial charge in [0, 0.05) is 24.7 Å². The van der Waals surface area contributed by atoms with E-state index in [0.717, 1.165) is 12.8 Å². The number of nitrogens with zero attached hydrogens (tertiary/aromatic N) is 1. The molecule has 0 heterocycles. The maximum absolute atomic E-state index is 12.1. The number of non-ortho nitro benzene ring substituents is 1. The van der Waals surface area contributed by atoms with Gasteiger partial charge in [-0.25, -0.2) is 4.79 Å². The molecule has 6 heteroatoms. The number of nitrogens with one attached hydrogen (secondary N) is 1. The van der Waals surface area contributed by atoms with Crippen molar-refractivity contribution in [3.05, 3.63) is 39.9 Å². The van der Waals surface area contributed by atoms with Crippen LogP contribution in [0, 0.1) is 16.0 Å². The van der Waals surface area contributed by atoms with Gasteiger partial charge in [0.15, 0.2) is 0 Å². The normalized spacial score (nSPS) is 13.0. The van der Waals surface area contributed by atoms with E-state index in [4.69, 9.17) is 4.74 Å². The van der Waals surface area contributed by atoms with Crippen LogP contribution in [0.1, 0.15) is 102 Å². The first-order chi connectivity index (χ1) is 15.0. The standard InChI is InChI=1S/C25H42N2O4/c1-4-6-8-10-12-21(3)20-23(13-11-9-7-5-2)26-18-19-31-25(28)22-14-16-24(17-15-22)27(29)30/h14-17,21,23,26H,4-13,18-20H2,1-3H3/t21-,23-/m1/s1. The summed E-state index contributed by atoms with van der Waals surface area (Å²) in [6, 6.07) is 5.97. The molecule has 31 heavy (non-hydrogen) atoms. The van der Waals surface area contributed by atoms with E-state index in [0.29, 0.717) is 30.7 Å². The average Bonchev–Trinajstić information content (AvgIpc) is 2.76. The molecule has 0 aliphatic carbocycles. The zero-order chi connectivity index (χ0) is 22.9. The molecule has 1 aromatic rings. The van der Waals surface area contributed by atoms with Crippen LogP contribution in [0.5, 0.6) is 0 Å². The number of unbranched alkanes of at least 4 members (excludes halogenated alkanes) is 6. The van der Waals surface area contributed by atoms with Gasteiger partial charge in [-0.05, 0) is 30.9 Å². The Bertz CT molecular complexity index is 618. The smallest absolute Gasteiger partial charge is 0.338 e. The van der Waals surface area contributed by atoms with Crippen molar-refractivity contribution < 1.29 is 14.5 Å². The van der Waals surface area contributed by atoms with E-state index in [9.17, 15) is 14.9 Å². The summed E-state index contributed by atoms with van der Waals surface area (Å²) < 4.78 is 5.35. The van der Waals surface area contributed by atoms with Crippen LogP contribution in [0.25, 0.3) is 0 Å².